The van der Waals surface area contributed by atoms with E-state index in [0.29, 0.717) is 0 Å². The van der Waals surface area contributed by atoms with E-state index in [1.165, 1.54) is 0 Å². The van der Waals surface area contributed by atoms with Gasteiger partial charge in [0.2, 0.25) is 0 Å². The molecular formula is C16F16. The molecule has 0 heterocycles. The maximum Gasteiger partial charge on any atom is 0.340 e. The smallest absolute Gasteiger partial charge is 0.194 e. The van der Waals surface area contributed by atoms with Crippen molar-refractivity contribution in [1.82, 2.24) is 0 Å². The Morgan fingerprint density at radius 3 is 0.312 bits per heavy atom. The Morgan fingerprint density at radius 2 is 0.250 bits per heavy atom. The summed E-state index contributed by atoms with van der Waals surface area (Å²) in [7, 11) is 0. The van der Waals surface area contributed by atoms with Gasteiger partial charge >= 0.3 is 47.4 Å². The van der Waals surface area contributed by atoms with E-state index < -0.39 is 92.0 Å². The van der Waals surface area contributed by atoms with E-state index in [4.69, 9.17) is 0 Å². The molecule has 5 rings (SSSR count). The summed E-state index contributed by atoms with van der Waals surface area (Å²) in [6, 6.07) is 0. The summed E-state index contributed by atoms with van der Waals surface area (Å²) in [6.07, 6.45) is 0. The minimum atomic E-state index is -5.97. The Bertz CT molecular complexity index is 874. The predicted octanol–water partition coefficient (Wildman–Crippen LogP) is 6.32. The maximum atomic E-state index is 13.9. The number of halogens is 16. The molecule has 0 aliphatic heterocycles. The summed E-state index contributed by atoms with van der Waals surface area (Å²) < 4.78 is 223. The zero-order chi connectivity index (χ0) is 24.6. The first kappa shape index (κ1) is 21.7. The van der Waals surface area contributed by atoms with Crippen LogP contribution in [0.15, 0.2) is 44.6 Å². The highest BCUT2D eigenvalue weighted by Gasteiger charge is 2.90. The Kier molecular flexibility index (Phi) is 3.10. The van der Waals surface area contributed by atoms with Gasteiger partial charge in [-0.25, -0.2) is 0 Å². The zero-order valence-corrected chi connectivity index (χ0v) is 14.0. The van der Waals surface area contributed by atoms with Crippen LogP contribution in [0.4, 0.5) is 70.2 Å². The molecule has 4 saturated carbocycles. The van der Waals surface area contributed by atoms with Crippen molar-refractivity contribution < 1.29 is 70.2 Å². The molecule has 0 radical (unpaired) electrons. The second-order valence-electron chi connectivity index (χ2n) is 7.60. The maximum absolute atomic E-state index is 13.9. The van der Waals surface area contributed by atoms with E-state index in [1.807, 2.05) is 0 Å². The van der Waals surface area contributed by atoms with Crippen molar-refractivity contribution in [2.45, 2.75) is 47.4 Å². The minimum absolute atomic E-state index is 3.01. The molecule has 4 fully saturated rings. The highest BCUT2D eigenvalue weighted by atomic mass is 19.3. The molecule has 176 valence electrons. The van der Waals surface area contributed by atoms with Crippen molar-refractivity contribution in [3.63, 3.8) is 0 Å². The first-order valence-electron chi connectivity index (χ1n) is 8.02. The van der Waals surface area contributed by atoms with Gasteiger partial charge in [0.05, 0.1) is 0 Å². The van der Waals surface area contributed by atoms with E-state index in [0.717, 1.165) is 0 Å². The van der Waals surface area contributed by atoms with Crippen LogP contribution < -0.4 is 0 Å². The van der Waals surface area contributed by atoms with Gasteiger partial charge in [-0.05, 0) is 0 Å². The molecule has 0 aromatic carbocycles. The van der Waals surface area contributed by atoms with Crippen LogP contribution in [0.3, 0.4) is 0 Å². The van der Waals surface area contributed by atoms with Crippen molar-refractivity contribution in [3.05, 3.63) is 44.6 Å². The van der Waals surface area contributed by atoms with Gasteiger partial charge in [-0.2, -0.15) is 70.2 Å². The van der Waals surface area contributed by atoms with E-state index in [9.17, 15) is 70.2 Å². The van der Waals surface area contributed by atoms with Crippen molar-refractivity contribution in [3.8, 4) is 0 Å². The normalized spacial score (nSPS) is 43.5. The molecule has 0 aromatic heterocycles. The molecule has 0 nitrogen and oxygen atoms in total. The molecule has 0 spiro atoms. The molecule has 16 heteroatoms. The van der Waals surface area contributed by atoms with Gasteiger partial charge in [0.25, 0.3) is 0 Å². The summed E-state index contributed by atoms with van der Waals surface area (Å²) in [4.78, 5) is 0. The van der Waals surface area contributed by atoms with Gasteiger partial charge in [-0.3, -0.25) is 0 Å². The quantitative estimate of drug-likeness (QED) is 0.345. The SMILES string of the molecule is FC1(F)C2=C3/C(=C4\C(=C5/C(=C\2C1(F)F)C(F)(F)C5(F)F)C(F)(F)C4(F)F)C(F)(F)C3(F)F. The number of hydrogen-bond donors (Lipinski definition) is 0. The number of alkyl halides is 16. The molecule has 0 unspecified atom stereocenters. The van der Waals surface area contributed by atoms with Gasteiger partial charge < -0.3 is 0 Å². The molecule has 0 amide bonds. The second-order valence-corrected chi connectivity index (χ2v) is 7.60. The summed E-state index contributed by atoms with van der Waals surface area (Å²) in [5.41, 5.74) is -24.0. The van der Waals surface area contributed by atoms with Crippen molar-refractivity contribution in [1.29, 1.82) is 0 Å². The first-order valence-corrected chi connectivity index (χ1v) is 8.02. The lowest BCUT2D eigenvalue weighted by atomic mass is 9.52. The lowest BCUT2D eigenvalue weighted by molar-refractivity contribution is -0.239. The van der Waals surface area contributed by atoms with Crippen LogP contribution in [0.1, 0.15) is 0 Å². The zero-order valence-electron chi connectivity index (χ0n) is 14.0. The van der Waals surface area contributed by atoms with E-state index in [2.05, 4.69) is 0 Å². The third-order valence-electron chi connectivity index (χ3n) is 6.09. The van der Waals surface area contributed by atoms with E-state index in [1.54, 1.807) is 0 Å². The van der Waals surface area contributed by atoms with Crippen LogP contribution in [0.2, 0.25) is 0 Å². The predicted molar refractivity (Wildman–Crippen MR) is 67.7 cm³/mol. The fourth-order valence-electron chi connectivity index (χ4n) is 4.52. The summed E-state index contributed by atoms with van der Waals surface area (Å²) >= 11 is 0. The Balaban J connectivity index is 2.05. The summed E-state index contributed by atoms with van der Waals surface area (Å²) in [6.45, 7) is 0. The molecule has 0 aromatic rings. The van der Waals surface area contributed by atoms with Crippen molar-refractivity contribution in [2.75, 3.05) is 0 Å². The molecule has 0 saturated heterocycles. The standard InChI is InChI=1S/C16F16/c17-9(18)1-2(10(9,19)20)4-6(14(27,28)13(4,25)26)8-7(15(29,30)16(8,31)32)5-3(1)11(21,22)12(5,23)24/b3-1-,4-2-,7-5-,8-6-. The fraction of sp³-hybridized carbons (Fsp3) is 0.500. The van der Waals surface area contributed by atoms with Crippen LogP contribution in [0.5, 0.6) is 0 Å². The van der Waals surface area contributed by atoms with Gasteiger partial charge in [0.1, 0.15) is 0 Å². The van der Waals surface area contributed by atoms with Gasteiger partial charge in [-0.1, -0.05) is 0 Å². The fourth-order valence-corrected chi connectivity index (χ4v) is 4.52. The monoisotopic (exact) mass is 496 g/mol. The second kappa shape index (κ2) is 4.58. The first-order chi connectivity index (χ1) is 14.0. The highest BCUT2D eigenvalue weighted by molar-refractivity contribution is 5.84. The lowest BCUT2D eigenvalue weighted by Gasteiger charge is -2.58. The Labute approximate surface area is 163 Å². The molecule has 0 atom stereocenters. The molecule has 5 aliphatic rings. The van der Waals surface area contributed by atoms with Crippen LogP contribution in [0, 0.1) is 0 Å². The Hall–Kier alpha value is -2.16. The minimum Gasteiger partial charge on any atom is -0.194 e. The number of fused-ring (bicyclic) bond motifs is 4. The number of rotatable bonds is 0. The van der Waals surface area contributed by atoms with Crippen molar-refractivity contribution >= 4 is 0 Å². The van der Waals surface area contributed by atoms with Gasteiger partial charge in [0, 0.05) is 44.6 Å². The molecular weight excluding hydrogens is 496 g/mol. The summed E-state index contributed by atoms with van der Waals surface area (Å²) in [5, 5.41) is 0. The van der Waals surface area contributed by atoms with Gasteiger partial charge in [0.15, 0.2) is 0 Å². The largest absolute Gasteiger partial charge is 0.340 e. The molecule has 5 aliphatic carbocycles. The average Bonchev–Trinajstić information content (AvgIpc) is 2.59. The summed E-state index contributed by atoms with van der Waals surface area (Å²) in [5.74, 6) is -47.8. The number of hydrogen-bond acceptors (Lipinski definition) is 0. The van der Waals surface area contributed by atoms with E-state index in [-0.39, 0.29) is 0 Å². The Morgan fingerprint density at radius 1 is 0.188 bits per heavy atom. The third kappa shape index (κ3) is 1.55. The molecule has 32 heavy (non-hydrogen) atoms. The third-order valence-corrected chi connectivity index (χ3v) is 6.09. The molecule has 0 bridgehead atoms. The highest BCUT2D eigenvalue weighted by Crippen LogP contribution is 2.78. The van der Waals surface area contributed by atoms with Crippen LogP contribution in [-0.4, -0.2) is 47.4 Å². The lowest BCUT2D eigenvalue weighted by Crippen LogP contribution is -2.71. The van der Waals surface area contributed by atoms with E-state index >= 15 is 0 Å². The number of allylic oxidation sites excluding steroid dienone is 8. The average molecular weight is 496 g/mol. The molecule has 0 N–H and O–H groups in total. The van der Waals surface area contributed by atoms with Crippen LogP contribution in [0.25, 0.3) is 0 Å². The van der Waals surface area contributed by atoms with Crippen LogP contribution in [-0.2, 0) is 0 Å². The topological polar surface area (TPSA) is 0 Å². The van der Waals surface area contributed by atoms with Gasteiger partial charge in [-0.15, -0.1) is 0 Å². The van der Waals surface area contributed by atoms with Crippen LogP contribution >= 0.6 is 0 Å². The van der Waals surface area contributed by atoms with Crippen molar-refractivity contribution in [2.24, 2.45) is 0 Å².